The highest BCUT2D eigenvalue weighted by molar-refractivity contribution is 5.81. The molecule has 0 unspecified atom stereocenters. The summed E-state index contributed by atoms with van der Waals surface area (Å²) in [5.41, 5.74) is 0. The first kappa shape index (κ1) is 18.4. The third kappa shape index (κ3) is 3.73. The number of carboxylic acids is 1. The number of alkyl halides is 3. The molecule has 0 aliphatic carbocycles. The molecule has 0 radical (unpaired) electrons. The van der Waals surface area contributed by atoms with Crippen LogP contribution in [0.1, 0.15) is 12.8 Å². The van der Waals surface area contributed by atoms with Gasteiger partial charge in [-0.1, -0.05) is 0 Å². The van der Waals surface area contributed by atoms with Crippen LogP contribution in [0.2, 0.25) is 0 Å². The number of halogens is 3. The Morgan fingerprint density at radius 3 is 2.35 bits per heavy atom. The molecule has 10 heteroatoms. The highest BCUT2D eigenvalue weighted by Crippen LogP contribution is 2.38. The molecule has 2 fully saturated rings. The van der Waals surface area contributed by atoms with Gasteiger partial charge in [-0.05, 0) is 12.8 Å². The second-order valence-corrected chi connectivity index (χ2v) is 6.66. The van der Waals surface area contributed by atoms with E-state index in [1.54, 1.807) is 18.6 Å². The molecule has 2 aliphatic heterocycles. The van der Waals surface area contributed by atoms with Crippen molar-refractivity contribution in [3.8, 4) is 0 Å². The highest BCUT2D eigenvalue weighted by Gasteiger charge is 2.54. The first-order valence-electron chi connectivity index (χ1n) is 8.36. The van der Waals surface area contributed by atoms with E-state index in [2.05, 4.69) is 9.97 Å². The molecule has 3 rings (SSSR count). The molecule has 1 aromatic heterocycles. The van der Waals surface area contributed by atoms with Gasteiger partial charge in [-0.3, -0.25) is 14.6 Å². The summed E-state index contributed by atoms with van der Waals surface area (Å²) in [4.78, 5) is 35.0. The number of hydrogen-bond donors (Lipinski definition) is 1. The van der Waals surface area contributed by atoms with E-state index in [0.717, 1.165) is 4.90 Å². The number of rotatable bonds is 3. The van der Waals surface area contributed by atoms with Gasteiger partial charge in [0.2, 0.25) is 5.91 Å². The van der Waals surface area contributed by atoms with E-state index in [4.69, 9.17) is 5.11 Å². The van der Waals surface area contributed by atoms with Crippen LogP contribution in [-0.2, 0) is 9.59 Å². The summed E-state index contributed by atoms with van der Waals surface area (Å²) in [5, 5.41) is 9.06. The van der Waals surface area contributed by atoms with E-state index in [1.165, 1.54) is 0 Å². The first-order valence-corrected chi connectivity index (χ1v) is 8.36. The van der Waals surface area contributed by atoms with Crippen LogP contribution in [0.25, 0.3) is 0 Å². The van der Waals surface area contributed by atoms with Gasteiger partial charge in [0.1, 0.15) is 5.82 Å². The fraction of sp³-hybridized carbons (Fsp3) is 0.625. The standard InChI is InChI=1S/C16H19F3N4O3/c17-16(18,19)12-9-23(8-11(12)15(25)26)14(24)10-1-5-22(6-2-10)13-7-20-3-4-21-13/h3-4,7,10-12H,1-2,5-6,8-9H2,(H,25,26)/t11-,12-/m1/s1. The van der Waals surface area contributed by atoms with Crippen molar-refractivity contribution >= 4 is 17.7 Å². The highest BCUT2D eigenvalue weighted by atomic mass is 19.4. The lowest BCUT2D eigenvalue weighted by Gasteiger charge is -2.33. The van der Waals surface area contributed by atoms with Crippen molar-refractivity contribution in [2.45, 2.75) is 19.0 Å². The second kappa shape index (κ2) is 7.08. The number of carbonyl (C=O) groups is 2. The van der Waals surface area contributed by atoms with E-state index in [1.807, 2.05) is 4.90 Å². The van der Waals surface area contributed by atoms with E-state index < -0.39 is 36.4 Å². The SMILES string of the molecule is O=C(O)[C@@H]1CN(C(=O)C2CCN(c3cnccn3)CC2)C[C@H]1C(F)(F)F. The Morgan fingerprint density at radius 2 is 1.85 bits per heavy atom. The molecule has 1 N–H and O–H groups in total. The monoisotopic (exact) mass is 372 g/mol. The third-order valence-corrected chi connectivity index (χ3v) is 5.09. The van der Waals surface area contributed by atoms with Crippen molar-refractivity contribution in [1.29, 1.82) is 0 Å². The molecule has 2 atom stereocenters. The molecular formula is C16H19F3N4O3. The van der Waals surface area contributed by atoms with E-state index in [-0.39, 0.29) is 12.5 Å². The minimum atomic E-state index is -4.63. The zero-order valence-electron chi connectivity index (χ0n) is 13.9. The summed E-state index contributed by atoms with van der Waals surface area (Å²) < 4.78 is 39.2. The van der Waals surface area contributed by atoms with Gasteiger partial charge in [-0.15, -0.1) is 0 Å². The Bertz CT molecular complexity index is 662. The van der Waals surface area contributed by atoms with Gasteiger partial charge in [-0.25, -0.2) is 4.98 Å². The molecule has 26 heavy (non-hydrogen) atoms. The number of nitrogens with zero attached hydrogens (tertiary/aromatic N) is 4. The van der Waals surface area contributed by atoms with Gasteiger partial charge in [0.25, 0.3) is 0 Å². The predicted octanol–water partition coefficient (Wildman–Crippen LogP) is 1.41. The average molecular weight is 372 g/mol. The van der Waals surface area contributed by atoms with Gasteiger partial charge in [0.15, 0.2) is 0 Å². The Hall–Kier alpha value is -2.39. The lowest BCUT2D eigenvalue weighted by molar-refractivity contribution is -0.188. The zero-order valence-corrected chi connectivity index (χ0v) is 13.9. The number of anilines is 1. The number of aliphatic carboxylic acids is 1. The predicted molar refractivity (Wildman–Crippen MR) is 84.2 cm³/mol. The lowest BCUT2D eigenvalue weighted by atomic mass is 9.95. The van der Waals surface area contributed by atoms with Crippen LogP contribution in [0.15, 0.2) is 18.6 Å². The fourth-order valence-electron chi connectivity index (χ4n) is 3.63. The summed E-state index contributed by atoms with van der Waals surface area (Å²) in [5.74, 6) is -5.21. The molecule has 1 amide bonds. The average Bonchev–Trinajstić information content (AvgIpc) is 3.08. The quantitative estimate of drug-likeness (QED) is 0.864. The molecule has 0 bridgehead atoms. The van der Waals surface area contributed by atoms with E-state index >= 15 is 0 Å². The van der Waals surface area contributed by atoms with Crippen LogP contribution >= 0.6 is 0 Å². The van der Waals surface area contributed by atoms with Crippen LogP contribution in [0, 0.1) is 17.8 Å². The molecular weight excluding hydrogens is 353 g/mol. The molecule has 1 aromatic rings. The van der Waals surface area contributed by atoms with E-state index in [9.17, 15) is 22.8 Å². The normalized spacial score (nSPS) is 24.7. The maximum absolute atomic E-state index is 13.1. The third-order valence-electron chi connectivity index (χ3n) is 5.09. The van der Waals surface area contributed by atoms with Crippen LogP contribution < -0.4 is 4.90 Å². The van der Waals surface area contributed by atoms with E-state index in [0.29, 0.717) is 31.7 Å². The molecule has 3 heterocycles. The number of carbonyl (C=O) groups excluding carboxylic acids is 1. The van der Waals surface area contributed by atoms with Gasteiger partial charge in [0.05, 0.1) is 18.0 Å². The van der Waals surface area contributed by atoms with Crippen molar-refractivity contribution in [2.75, 3.05) is 31.1 Å². The van der Waals surface area contributed by atoms with Crippen molar-refractivity contribution in [2.24, 2.45) is 17.8 Å². The van der Waals surface area contributed by atoms with Crippen molar-refractivity contribution in [3.63, 3.8) is 0 Å². The molecule has 7 nitrogen and oxygen atoms in total. The van der Waals surface area contributed by atoms with Crippen LogP contribution in [-0.4, -0.2) is 64.2 Å². The molecule has 0 saturated carbocycles. The summed E-state index contributed by atoms with van der Waals surface area (Å²) >= 11 is 0. The maximum atomic E-state index is 13.1. The molecule has 0 aromatic carbocycles. The number of likely N-dealkylation sites (tertiary alicyclic amines) is 1. The van der Waals surface area contributed by atoms with Gasteiger partial charge >= 0.3 is 12.1 Å². The Balaban J connectivity index is 1.61. The smallest absolute Gasteiger partial charge is 0.394 e. The maximum Gasteiger partial charge on any atom is 0.394 e. The van der Waals surface area contributed by atoms with Gasteiger partial charge in [-0.2, -0.15) is 13.2 Å². The van der Waals surface area contributed by atoms with Gasteiger partial charge in [0, 0.05) is 44.5 Å². The molecule has 2 saturated heterocycles. The van der Waals surface area contributed by atoms with Crippen LogP contribution in [0.3, 0.4) is 0 Å². The van der Waals surface area contributed by atoms with Crippen molar-refractivity contribution in [1.82, 2.24) is 14.9 Å². The number of amides is 1. The van der Waals surface area contributed by atoms with Crippen LogP contribution in [0.5, 0.6) is 0 Å². The lowest BCUT2D eigenvalue weighted by Crippen LogP contribution is -2.42. The summed E-state index contributed by atoms with van der Waals surface area (Å²) in [6.45, 7) is 0.133. The molecule has 2 aliphatic rings. The topological polar surface area (TPSA) is 86.6 Å². The first-order chi connectivity index (χ1) is 12.3. The molecule has 142 valence electrons. The largest absolute Gasteiger partial charge is 0.481 e. The Morgan fingerprint density at radius 1 is 1.15 bits per heavy atom. The fourth-order valence-corrected chi connectivity index (χ4v) is 3.63. The summed E-state index contributed by atoms with van der Waals surface area (Å²) in [6.07, 6.45) is 1.09. The second-order valence-electron chi connectivity index (χ2n) is 6.66. The number of aromatic nitrogens is 2. The minimum Gasteiger partial charge on any atom is -0.481 e. The molecule has 0 spiro atoms. The van der Waals surface area contributed by atoms with Crippen molar-refractivity contribution in [3.05, 3.63) is 18.6 Å². The van der Waals surface area contributed by atoms with Gasteiger partial charge < -0.3 is 14.9 Å². The number of piperidine rings is 1. The minimum absolute atomic E-state index is 0.386. The summed E-state index contributed by atoms with van der Waals surface area (Å²) in [7, 11) is 0. The zero-order chi connectivity index (χ0) is 18.9. The summed E-state index contributed by atoms with van der Waals surface area (Å²) in [6, 6.07) is 0. The van der Waals surface area contributed by atoms with Crippen LogP contribution in [0.4, 0.5) is 19.0 Å². The Labute approximate surface area is 147 Å². The van der Waals surface area contributed by atoms with Crippen molar-refractivity contribution < 1.29 is 27.9 Å². The number of hydrogen-bond acceptors (Lipinski definition) is 5. The number of carboxylic acid groups (broad SMARTS) is 1. The Kier molecular flexibility index (Phi) is 5.01.